The van der Waals surface area contributed by atoms with Gasteiger partial charge in [0.1, 0.15) is 17.6 Å². The first-order valence-electron chi connectivity index (χ1n) is 8.65. The fraction of sp³-hybridized carbons (Fsp3) is 0.350. The van der Waals surface area contributed by atoms with Crippen LogP contribution in [-0.4, -0.2) is 24.9 Å². The van der Waals surface area contributed by atoms with E-state index in [4.69, 9.17) is 4.74 Å². The van der Waals surface area contributed by atoms with Gasteiger partial charge in [-0.05, 0) is 41.0 Å². The summed E-state index contributed by atoms with van der Waals surface area (Å²) in [4.78, 5) is 11.7. The highest BCUT2D eigenvalue weighted by Gasteiger charge is 2.31. The first kappa shape index (κ1) is 19.1. The predicted molar refractivity (Wildman–Crippen MR) is 94.5 cm³/mol. The van der Waals surface area contributed by atoms with Gasteiger partial charge in [-0.3, -0.25) is 4.79 Å². The molecule has 1 aliphatic rings. The lowest BCUT2D eigenvalue weighted by atomic mass is 10.0. The summed E-state index contributed by atoms with van der Waals surface area (Å²) in [7, 11) is 0. The van der Waals surface area contributed by atoms with Gasteiger partial charge in [0.15, 0.2) is 0 Å². The Hall–Kier alpha value is -2.70. The van der Waals surface area contributed by atoms with E-state index in [1.54, 1.807) is 18.2 Å². The van der Waals surface area contributed by atoms with Gasteiger partial charge in [0, 0.05) is 12.3 Å². The molecule has 7 heteroatoms. The summed E-state index contributed by atoms with van der Waals surface area (Å²) in [6.07, 6.45) is -4.25. The van der Waals surface area contributed by atoms with Crippen LogP contribution >= 0.6 is 0 Å². The molecule has 2 aromatic rings. The summed E-state index contributed by atoms with van der Waals surface area (Å²) < 4.78 is 47.0. The first-order valence-corrected chi connectivity index (χ1v) is 8.65. The third-order valence-electron chi connectivity index (χ3n) is 4.23. The van der Waals surface area contributed by atoms with Crippen molar-refractivity contribution in [2.45, 2.75) is 32.7 Å². The van der Waals surface area contributed by atoms with E-state index in [1.165, 1.54) is 18.2 Å². The summed E-state index contributed by atoms with van der Waals surface area (Å²) in [6.45, 7) is 4.06. The molecule has 0 bridgehead atoms. The monoisotopic (exact) mass is 379 g/mol. The van der Waals surface area contributed by atoms with E-state index in [9.17, 15) is 18.0 Å². The van der Waals surface area contributed by atoms with Crippen molar-refractivity contribution in [1.82, 2.24) is 5.32 Å². The fourth-order valence-electron chi connectivity index (χ4n) is 2.91. The summed E-state index contributed by atoms with van der Waals surface area (Å²) in [6, 6.07) is 11.3. The molecule has 0 fully saturated rings. The van der Waals surface area contributed by atoms with Crippen LogP contribution < -0.4 is 14.8 Å². The molecule has 1 N–H and O–H groups in total. The van der Waals surface area contributed by atoms with E-state index >= 15 is 0 Å². The molecule has 144 valence electrons. The molecule has 4 nitrogen and oxygen atoms in total. The number of rotatable bonds is 5. The van der Waals surface area contributed by atoms with E-state index in [-0.39, 0.29) is 23.7 Å². The average molecular weight is 379 g/mol. The SMILES string of the molecule is CC(C)C(=O)NC[C@@H]1Cc2cc(-c3cccc(OC(F)(F)F)c3)ccc2O1. The zero-order valence-electron chi connectivity index (χ0n) is 15.0. The van der Waals surface area contributed by atoms with Crippen molar-refractivity contribution < 1.29 is 27.4 Å². The molecule has 0 spiro atoms. The van der Waals surface area contributed by atoms with Crippen molar-refractivity contribution in [1.29, 1.82) is 0 Å². The number of hydrogen-bond acceptors (Lipinski definition) is 3. The Labute approximate surface area is 155 Å². The van der Waals surface area contributed by atoms with Crippen LogP contribution in [0.25, 0.3) is 11.1 Å². The number of alkyl halides is 3. The average Bonchev–Trinajstić information content (AvgIpc) is 3.00. The smallest absolute Gasteiger partial charge is 0.488 e. The Balaban J connectivity index is 1.71. The number of nitrogens with one attached hydrogen (secondary N) is 1. The lowest BCUT2D eigenvalue weighted by Crippen LogP contribution is -2.36. The van der Waals surface area contributed by atoms with Gasteiger partial charge in [-0.25, -0.2) is 0 Å². The van der Waals surface area contributed by atoms with Gasteiger partial charge in [0.05, 0.1) is 6.54 Å². The quantitative estimate of drug-likeness (QED) is 0.841. The van der Waals surface area contributed by atoms with Crippen molar-refractivity contribution in [3.8, 4) is 22.6 Å². The van der Waals surface area contributed by atoms with Crippen molar-refractivity contribution in [3.63, 3.8) is 0 Å². The van der Waals surface area contributed by atoms with Gasteiger partial charge in [-0.15, -0.1) is 13.2 Å². The van der Waals surface area contributed by atoms with Crippen LogP contribution in [-0.2, 0) is 11.2 Å². The van der Waals surface area contributed by atoms with Gasteiger partial charge in [0.2, 0.25) is 5.91 Å². The van der Waals surface area contributed by atoms with E-state index in [0.29, 0.717) is 18.5 Å². The number of hydrogen-bond donors (Lipinski definition) is 1. The largest absolute Gasteiger partial charge is 0.573 e. The molecule has 0 aromatic heterocycles. The maximum atomic E-state index is 12.4. The molecule has 1 atom stereocenters. The third kappa shape index (κ3) is 4.93. The molecule has 0 radical (unpaired) electrons. The maximum Gasteiger partial charge on any atom is 0.573 e. The topological polar surface area (TPSA) is 47.6 Å². The van der Waals surface area contributed by atoms with Crippen LogP contribution in [0.1, 0.15) is 19.4 Å². The number of amides is 1. The predicted octanol–water partition coefficient (Wildman–Crippen LogP) is 4.33. The van der Waals surface area contributed by atoms with E-state index in [1.807, 2.05) is 19.9 Å². The normalized spacial score (nSPS) is 16.0. The summed E-state index contributed by atoms with van der Waals surface area (Å²) >= 11 is 0. The van der Waals surface area contributed by atoms with E-state index in [0.717, 1.165) is 16.9 Å². The highest BCUT2D eigenvalue weighted by atomic mass is 19.4. The minimum atomic E-state index is -4.72. The number of carbonyl (C=O) groups excluding carboxylic acids is 1. The highest BCUT2D eigenvalue weighted by molar-refractivity contribution is 5.77. The molecule has 0 aliphatic carbocycles. The van der Waals surface area contributed by atoms with Crippen LogP contribution in [0.5, 0.6) is 11.5 Å². The number of benzene rings is 2. The zero-order valence-corrected chi connectivity index (χ0v) is 15.0. The molecular weight excluding hydrogens is 359 g/mol. The van der Waals surface area contributed by atoms with Gasteiger partial charge < -0.3 is 14.8 Å². The molecule has 1 aliphatic heterocycles. The maximum absolute atomic E-state index is 12.4. The lowest BCUT2D eigenvalue weighted by Gasteiger charge is -2.13. The first-order chi connectivity index (χ1) is 12.7. The Bertz CT molecular complexity index is 833. The van der Waals surface area contributed by atoms with Crippen LogP contribution in [0.15, 0.2) is 42.5 Å². The molecule has 1 amide bonds. The van der Waals surface area contributed by atoms with Crippen molar-refractivity contribution in [2.75, 3.05) is 6.54 Å². The molecular formula is C20H20F3NO3. The second-order valence-corrected chi connectivity index (χ2v) is 6.74. The molecule has 27 heavy (non-hydrogen) atoms. The Morgan fingerprint density at radius 3 is 2.67 bits per heavy atom. The molecule has 3 rings (SSSR count). The van der Waals surface area contributed by atoms with Crippen LogP contribution in [0.3, 0.4) is 0 Å². The second-order valence-electron chi connectivity index (χ2n) is 6.74. The Kier molecular flexibility index (Phi) is 5.30. The Morgan fingerprint density at radius 1 is 1.22 bits per heavy atom. The summed E-state index contributed by atoms with van der Waals surface area (Å²) in [5.41, 5.74) is 2.35. The van der Waals surface area contributed by atoms with E-state index < -0.39 is 6.36 Å². The summed E-state index contributed by atoms with van der Waals surface area (Å²) in [5.74, 6) is 0.347. The molecule has 0 saturated heterocycles. The van der Waals surface area contributed by atoms with Crippen molar-refractivity contribution >= 4 is 5.91 Å². The minimum Gasteiger partial charge on any atom is -0.488 e. The number of halogens is 3. The van der Waals surface area contributed by atoms with E-state index in [2.05, 4.69) is 10.1 Å². The molecule has 2 aromatic carbocycles. The molecule has 0 unspecified atom stereocenters. The minimum absolute atomic E-state index is 0.0308. The Morgan fingerprint density at radius 2 is 1.96 bits per heavy atom. The van der Waals surface area contributed by atoms with Crippen molar-refractivity contribution in [2.24, 2.45) is 5.92 Å². The third-order valence-corrected chi connectivity index (χ3v) is 4.23. The van der Waals surface area contributed by atoms with Gasteiger partial charge >= 0.3 is 6.36 Å². The van der Waals surface area contributed by atoms with Gasteiger partial charge in [-0.2, -0.15) is 0 Å². The second kappa shape index (κ2) is 7.50. The van der Waals surface area contributed by atoms with Crippen LogP contribution in [0.4, 0.5) is 13.2 Å². The van der Waals surface area contributed by atoms with Crippen LogP contribution in [0, 0.1) is 5.92 Å². The summed E-state index contributed by atoms with van der Waals surface area (Å²) in [5, 5.41) is 2.85. The fourth-order valence-corrected chi connectivity index (χ4v) is 2.91. The molecule has 0 saturated carbocycles. The highest BCUT2D eigenvalue weighted by Crippen LogP contribution is 2.34. The number of ether oxygens (including phenoxy) is 2. The molecule has 1 heterocycles. The van der Waals surface area contributed by atoms with Crippen molar-refractivity contribution in [3.05, 3.63) is 48.0 Å². The zero-order chi connectivity index (χ0) is 19.6. The number of fused-ring (bicyclic) bond motifs is 1. The van der Waals surface area contributed by atoms with Gasteiger partial charge in [-0.1, -0.05) is 32.0 Å². The number of carbonyl (C=O) groups is 1. The van der Waals surface area contributed by atoms with Crippen LogP contribution in [0.2, 0.25) is 0 Å². The van der Waals surface area contributed by atoms with Gasteiger partial charge in [0.25, 0.3) is 0 Å². The lowest BCUT2D eigenvalue weighted by molar-refractivity contribution is -0.274. The standard InChI is InChI=1S/C20H20F3NO3/c1-12(2)19(25)24-11-17-10-15-8-14(6-7-18(15)26-17)13-4-3-5-16(9-13)27-20(21,22)23/h3-9,12,17H,10-11H2,1-2H3,(H,24,25)/t17-/m0/s1.